The van der Waals surface area contributed by atoms with Crippen LogP contribution in [0.4, 0.5) is 0 Å². The van der Waals surface area contributed by atoms with Crippen molar-refractivity contribution < 1.29 is 9.59 Å². The fourth-order valence-electron chi connectivity index (χ4n) is 3.54. The lowest BCUT2D eigenvalue weighted by Crippen LogP contribution is -2.11. The Bertz CT molecular complexity index is 877. The van der Waals surface area contributed by atoms with Gasteiger partial charge in [-0.1, -0.05) is 48.5 Å². The molecule has 1 aliphatic heterocycles. The first-order valence-electron chi connectivity index (χ1n) is 7.47. The third kappa shape index (κ3) is 1.75. The van der Waals surface area contributed by atoms with Gasteiger partial charge in [0.2, 0.25) is 0 Å². The van der Waals surface area contributed by atoms with Crippen LogP contribution in [0.1, 0.15) is 38.7 Å². The monoisotopic (exact) mass is 289 g/mol. The molecule has 2 heterocycles. The van der Waals surface area contributed by atoms with Crippen molar-refractivity contribution in [2.75, 3.05) is 0 Å². The van der Waals surface area contributed by atoms with E-state index in [0.717, 1.165) is 35.8 Å². The average Bonchev–Trinajstić information content (AvgIpc) is 3.13. The van der Waals surface area contributed by atoms with Crippen LogP contribution >= 0.6 is 0 Å². The van der Waals surface area contributed by atoms with Crippen LogP contribution in [0.2, 0.25) is 0 Å². The molecule has 3 nitrogen and oxygen atoms in total. The molecule has 1 aliphatic rings. The Morgan fingerprint density at radius 3 is 2.55 bits per heavy atom. The van der Waals surface area contributed by atoms with E-state index in [1.54, 1.807) is 0 Å². The largest absolute Gasteiger partial charge is 0.343 e. The first-order valence-corrected chi connectivity index (χ1v) is 7.47. The van der Waals surface area contributed by atoms with E-state index in [1.165, 1.54) is 0 Å². The number of fused-ring (bicyclic) bond motifs is 3. The lowest BCUT2D eigenvalue weighted by atomic mass is 9.91. The van der Waals surface area contributed by atoms with E-state index in [2.05, 4.69) is 4.57 Å². The molecule has 22 heavy (non-hydrogen) atoms. The topological polar surface area (TPSA) is 39.1 Å². The number of aryl methyl sites for hydroxylation is 1. The van der Waals surface area contributed by atoms with Gasteiger partial charge in [0.25, 0.3) is 0 Å². The molecule has 2 aromatic carbocycles. The van der Waals surface area contributed by atoms with Crippen molar-refractivity contribution >= 4 is 23.0 Å². The number of hydrogen-bond acceptors (Lipinski definition) is 2. The summed E-state index contributed by atoms with van der Waals surface area (Å²) >= 11 is 0. The minimum atomic E-state index is -0.227. The highest BCUT2D eigenvalue weighted by Crippen LogP contribution is 2.39. The van der Waals surface area contributed by atoms with Crippen molar-refractivity contribution in [2.45, 2.75) is 18.9 Å². The maximum Gasteiger partial charge on any atom is 0.171 e. The molecule has 0 N–H and O–H groups in total. The van der Waals surface area contributed by atoms with E-state index in [9.17, 15) is 9.59 Å². The Hall–Kier alpha value is -2.68. The summed E-state index contributed by atoms with van der Waals surface area (Å²) in [6.07, 6.45) is 1.65. The van der Waals surface area contributed by atoms with Gasteiger partial charge in [0.15, 0.2) is 12.1 Å². The zero-order chi connectivity index (χ0) is 15.1. The van der Waals surface area contributed by atoms with E-state index in [-0.39, 0.29) is 11.7 Å². The quantitative estimate of drug-likeness (QED) is 0.543. The minimum absolute atomic E-state index is 0.102. The molecule has 0 bridgehead atoms. The van der Waals surface area contributed by atoms with Crippen LogP contribution in [0.5, 0.6) is 0 Å². The average molecular weight is 289 g/mol. The molecule has 1 aromatic heterocycles. The predicted molar refractivity (Wildman–Crippen MR) is 85.5 cm³/mol. The number of rotatable bonds is 3. The Morgan fingerprint density at radius 2 is 1.77 bits per heavy atom. The van der Waals surface area contributed by atoms with Gasteiger partial charge < -0.3 is 4.57 Å². The van der Waals surface area contributed by atoms with E-state index >= 15 is 0 Å². The molecule has 0 fully saturated rings. The summed E-state index contributed by atoms with van der Waals surface area (Å²) in [6.45, 7) is 0.785. The second-order valence-corrected chi connectivity index (χ2v) is 5.66. The van der Waals surface area contributed by atoms with Gasteiger partial charge in [0.1, 0.15) is 0 Å². The van der Waals surface area contributed by atoms with Crippen LogP contribution in [0.25, 0.3) is 10.9 Å². The molecule has 0 radical (unpaired) electrons. The summed E-state index contributed by atoms with van der Waals surface area (Å²) in [5.41, 5.74) is 3.30. The Balaban J connectivity index is 1.89. The van der Waals surface area contributed by atoms with E-state index in [0.29, 0.717) is 11.1 Å². The smallest absolute Gasteiger partial charge is 0.171 e. The highest BCUT2D eigenvalue weighted by Gasteiger charge is 2.34. The predicted octanol–water partition coefficient (Wildman–Crippen LogP) is 3.82. The van der Waals surface area contributed by atoms with E-state index < -0.39 is 0 Å². The molecular formula is C19H15NO2. The van der Waals surface area contributed by atoms with Gasteiger partial charge in [0, 0.05) is 34.3 Å². The Kier molecular flexibility index (Phi) is 2.93. The summed E-state index contributed by atoms with van der Waals surface area (Å²) < 4.78 is 2.13. The number of carbonyl (C=O) groups excluding carboxylic acids is 2. The lowest BCUT2D eigenvalue weighted by Gasteiger charge is -2.09. The Labute approximate surface area is 128 Å². The minimum Gasteiger partial charge on any atom is -0.343 e. The first kappa shape index (κ1) is 13.0. The highest BCUT2D eigenvalue weighted by molar-refractivity contribution is 6.06. The number of aromatic nitrogens is 1. The first-order chi connectivity index (χ1) is 10.8. The molecule has 1 unspecified atom stereocenters. The van der Waals surface area contributed by atoms with Crippen LogP contribution in [-0.4, -0.2) is 16.6 Å². The van der Waals surface area contributed by atoms with Gasteiger partial charge in [-0.25, -0.2) is 0 Å². The van der Waals surface area contributed by atoms with Crippen molar-refractivity contribution in [3.8, 4) is 0 Å². The molecule has 3 aromatic rings. The van der Waals surface area contributed by atoms with E-state index in [1.807, 2.05) is 54.6 Å². The number of hydrogen-bond donors (Lipinski definition) is 0. The molecule has 1 atom stereocenters. The molecule has 0 spiro atoms. The van der Waals surface area contributed by atoms with Gasteiger partial charge in [-0.2, -0.15) is 0 Å². The zero-order valence-electron chi connectivity index (χ0n) is 12.0. The molecule has 3 heteroatoms. The maximum absolute atomic E-state index is 12.8. The van der Waals surface area contributed by atoms with Gasteiger partial charge in [-0.05, 0) is 12.5 Å². The normalized spacial score (nSPS) is 16.6. The third-order valence-corrected chi connectivity index (χ3v) is 4.52. The van der Waals surface area contributed by atoms with Crippen LogP contribution < -0.4 is 0 Å². The zero-order valence-corrected chi connectivity index (χ0v) is 12.0. The number of benzene rings is 2. The fourth-order valence-corrected chi connectivity index (χ4v) is 3.54. The van der Waals surface area contributed by atoms with Crippen LogP contribution in [0.15, 0.2) is 54.6 Å². The standard InChI is InChI=1S/C19H15NO2/c21-12-16-14-8-4-5-9-17(14)20-11-10-15(18(16)20)19(22)13-6-2-1-3-7-13/h1-9,12,15H,10-11H2. The van der Waals surface area contributed by atoms with Crippen molar-refractivity contribution in [3.63, 3.8) is 0 Å². The lowest BCUT2D eigenvalue weighted by molar-refractivity contribution is 0.0959. The number of para-hydroxylation sites is 1. The summed E-state index contributed by atoms with van der Waals surface area (Å²) in [4.78, 5) is 24.4. The summed E-state index contributed by atoms with van der Waals surface area (Å²) in [7, 11) is 0. The van der Waals surface area contributed by atoms with Crippen molar-refractivity contribution in [1.82, 2.24) is 4.57 Å². The van der Waals surface area contributed by atoms with Crippen LogP contribution in [0, 0.1) is 0 Å². The Morgan fingerprint density at radius 1 is 1.05 bits per heavy atom. The van der Waals surface area contributed by atoms with Crippen molar-refractivity contribution in [1.29, 1.82) is 0 Å². The van der Waals surface area contributed by atoms with Gasteiger partial charge in [-0.3, -0.25) is 9.59 Å². The molecule has 4 rings (SSSR count). The molecule has 0 amide bonds. The number of aldehydes is 1. The number of Topliss-reactive ketones (excluding diaryl/α,β-unsaturated/α-hetero) is 1. The van der Waals surface area contributed by atoms with Crippen molar-refractivity contribution in [3.05, 3.63) is 71.4 Å². The SMILES string of the molecule is O=Cc1c2n(c3ccccc13)CCC2C(=O)c1ccccc1. The molecular weight excluding hydrogens is 274 g/mol. The summed E-state index contributed by atoms with van der Waals surface area (Å²) in [6, 6.07) is 17.2. The summed E-state index contributed by atoms with van der Waals surface area (Å²) in [5.74, 6) is -0.125. The molecule has 0 saturated heterocycles. The molecule has 0 aliphatic carbocycles. The van der Waals surface area contributed by atoms with Gasteiger partial charge in [-0.15, -0.1) is 0 Å². The van der Waals surface area contributed by atoms with Crippen molar-refractivity contribution in [2.24, 2.45) is 0 Å². The third-order valence-electron chi connectivity index (χ3n) is 4.52. The van der Waals surface area contributed by atoms with Crippen LogP contribution in [0.3, 0.4) is 0 Å². The number of carbonyl (C=O) groups is 2. The van der Waals surface area contributed by atoms with Gasteiger partial charge >= 0.3 is 0 Å². The van der Waals surface area contributed by atoms with Gasteiger partial charge in [0.05, 0.1) is 5.92 Å². The second-order valence-electron chi connectivity index (χ2n) is 5.66. The maximum atomic E-state index is 12.8. The highest BCUT2D eigenvalue weighted by atomic mass is 16.1. The summed E-state index contributed by atoms with van der Waals surface area (Å²) in [5, 5.41) is 0.943. The second kappa shape index (κ2) is 4.95. The fraction of sp³-hybridized carbons (Fsp3) is 0.158. The number of nitrogens with zero attached hydrogens (tertiary/aromatic N) is 1. The van der Waals surface area contributed by atoms with Crippen LogP contribution in [-0.2, 0) is 6.54 Å². The molecule has 0 saturated carbocycles. The molecule has 108 valence electrons. The number of ketones is 1. The van der Waals surface area contributed by atoms with E-state index in [4.69, 9.17) is 0 Å².